The summed E-state index contributed by atoms with van der Waals surface area (Å²) in [6, 6.07) is 5.46. The van der Waals surface area contributed by atoms with Gasteiger partial charge in [-0.2, -0.15) is 0 Å². The van der Waals surface area contributed by atoms with E-state index in [1.54, 1.807) is 6.08 Å². The first-order valence-corrected chi connectivity index (χ1v) is 7.95. The molecule has 0 aromatic heterocycles. The lowest BCUT2D eigenvalue weighted by Gasteiger charge is -2.14. The minimum absolute atomic E-state index is 0.349. The Hall–Kier alpha value is -1.95. The second-order valence-corrected chi connectivity index (χ2v) is 6.21. The first-order valence-electron chi connectivity index (χ1n) is 7.14. The molecule has 0 atom stereocenters. The lowest BCUT2D eigenvalue weighted by atomic mass is 10.2. The van der Waals surface area contributed by atoms with Crippen LogP contribution in [-0.2, 0) is 4.79 Å². The number of nitrogens with one attached hydrogen (secondary N) is 1. The van der Waals surface area contributed by atoms with E-state index in [0.29, 0.717) is 35.5 Å². The van der Waals surface area contributed by atoms with Crippen LogP contribution in [0.2, 0.25) is 0 Å². The SMILES string of the molecule is CCOc1cc(/C=C2\SC(=O)NC2=O)ccc1OCC(C)C. The van der Waals surface area contributed by atoms with Gasteiger partial charge in [0.25, 0.3) is 11.1 Å². The number of carbonyl (C=O) groups excluding carboxylic acids is 2. The highest BCUT2D eigenvalue weighted by Crippen LogP contribution is 2.32. The third-order valence-electron chi connectivity index (χ3n) is 2.78. The zero-order valence-electron chi connectivity index (χ0n) is 12.8. The van der Waals surface area contributed by atoms with Crippen molar-refractivity contribution in [3.63, 3.8) is 0 Å². The zero-order chi connectivity index (χ0) is 16.1. The quantitative estimate of drug-likeness (QED) is 0.813. The Kier molecular flexibility index (Phi) is 5.49. The average Bonchev–Trinajstić information content (AvgIpc) is 2.76. The van der Waals surface area contributed by atoms with E-state index in [1.165, 1.54) is 0 Å². The molecule has 118 valence electrons. The summed E-state index contributed by atoms with van der Waals surface area (Å²) in [5, 5.41) is 1.88. The Labute approximate surface area is 134 Å². The van der Waals surface area contributed by atoms with E-state index < -0.39 is 0 Å². The predicted octanol–water partition coefficient (Wildman–Crippen LogP) is 3.44. The molecule has 0 aliphatic carbocycles. The van der Waals surface area contributed by atoms with Gasteiger partial charge in [-0.05, 0) is 48.4 Å². The van der Waals surface area contributed by atoms with Gasteiger partial charge in [-0.3, -0.25) is 14.9 Å². The van der Waals surface area contributed by atoms with E-state index in [0.717, 1.165) is 17.3 Å². The van der Waals surface area contributed by atoms with Gasteiger partial charge in [0.05, 0.1) is 18.1 Å². The fourth-order valence-corrected chi connectivity index (χ4v) is 2.51. The van der Waals surface area contributed by atoms with Crippen LogP contribution in [0.5, 0.6) is 11.5 Å². The molecule has 1 aromatic rings. The van der Waals surface area contributed by atoms with Crippen LogP contribution in [0.15, 0.2) is 23.1 Å². The number of hydrogen-bond donors (Lipinski definition) is 1. The van der Waals surface area contributed by atoms with Crippen LogP contribution in [0.1, 0.15) is 26.3 Å². The van der Waals surface area contributed by atoms with Crippen molar-refractivity contribution in [2.75, 3.05) is 13.2 Å². The number of amides is 2. The molecule has 1 aliphatic rings. The summed E-state index contributed by atoms with van der Waals surface area (Å²) in [7, 11) is 0. The lowest BCUT2D eigenvalue weighted by Crippen LogP contribution is -2.17. The molecule has 0 bridgehead atoms. The van der Waals surface area contributed by atoms with E-state index in [-0.39, 0.29) is 11.1 Å². The Bertz CT molecular complexity index is 610. The Morgan fingerprint density at radius 1 is 1.23 bits per heavy atom. The van der Waals surface area contributed by atoms with Crippen molar-refractivity contribution < 1.29 is 19.1 Å². The Balaban J connectivity index is 2.23. The molecule has 6 heteroatoms. The summed E-state index contributed by atoms with van der Waals surface area (Å²) in [6.45, 7) is 7.17. The highest BCUT2D eigenvalue weighted by molar-refractivity contribution is 8.18. The van der Waals surface area contributed by atoms with Crippen LogP contribution in [0, 0.1) is 5.92 Å². The maximum Gasteiger partial charge on any atom is 0.290 e. The van der Waals surface area contributed by atoms with Crippen molar-refractivity contribution in [3.8, 4) is 11.5 Å². The molecule has 1 heterocycles. The lowest BCUT2D eigenvalue weighted by molar-refractivity contribution is -0.115. The third-order valence-corrected chi connectivity index (χ3v) is 3.59. The fraction of sp³-hybridized carbons (Fsp3) is 0.375. The first kappa shape index (κ1) is 16.4. The molecule has 2 rings (SSSR count). The summed E-state index contributed by atoms with van der Waals surface area (Å²) in [4.78, 5) is 23.1. The van der Waals surface area contributed by atoms with Crippen LogP contribution in [0.3, 0.4) is 0 Å². The Morgan fingerprint density at radius 2 is 2.00 bits per heavy atom. The van der Waals surface area contributed by atoms with Crippen LogP contribution >= 0.6 is 11.8 Å². The molecular formula is C16H19NO4S. The minimum Gasteiger partial charge on any atom is -0.490 e. The van der Waals surface area contributed by atoms with E-state index in [2.05, 4.69) is 19.2 Å². The zero-order valence-corrected chi connectivity index (χ0v) is 13.7. The largest absolute Gasteiger partial charge is 0.490 e. The summed E-state index contributed by atoms with van der Waals surface area (Å²) in [6.07, 6.45) is 1.67. The summed E-state index contributed by atoms with van der Waals surface area (Å²) in [5.74, 6) is 1.36. The van der Waals surface area contributed by atoms with Crippen molar-refractivity contribution in [1.29, 1.82) is 0 Å². The van der Waals surface area contributed by atoms with Crippen molar-refractivity contribution in [2.24, 2.45) is 5.92 Å². The number of benzene rings is 1. The number of imide groups is 1. The molecule has 0 spiro atoms. The monoisotopic (exact) mass is 321 g/mol. The van der Waals surface area contributed by atoms with E-state index in [4.69, 9.17) is 9.47 Å². The smallest absolute Gasteiger partial charge is 0.290 e. The standard InChI is InChI=1S/C16H19NO4S/c1-4-20-13-7-11(5-6-12(13)21-9-10(2)3)8-14-15(18)17-16(19)22-14/h5-8,10H,4,9H2,1-3H3,(H,17,18,19)/b14-8-. The maximum absolute atomic E-state index is 11.6. The van der Waals surface area contributed by atoms with E-state index in [1.807, 2.05) is 25.1 Å². The number of carbonyl (C=O) groups is 2. The topological polar surface area (TPSA) is 64.6 Å². The van der Waals surface area contributed by atoms with E-state index in [9.17, 15) is 9.59 Å². The van der Waals surface area contributed by atoms with Crippen molar-refractivity contribution in [2.45, 2.75) is 20.8 Å². The summed E-state index contributed by atoms with van der Waals surface area (Å²) in [5.41, 5.74) is 0.785. The van der Waals surface area contributed by atoms with Gasteiger partial charge < -0.3 is 9.47 Å². The molecule has 1 N–H and O–H groups in total. The molecular weight excluding hydrogens is 302 g/mol. The second kappa shape index (κ2) is 7.35. The molecule has 0 unspecified atom stereocenters. The van der Waals surface area contributed by atoms with Crippen LogP contribution in [0.25, 0.3) is 6.08 Å². The van der Waals surface area contributed by atoms with Crippen molar-refractivity contribution in [3.05, 3.63) is 28.7 Å². The molecule has 0 radical (unpaired) electrons. The van der Waals surface area contributed by atoms with Gasteiger partial charge in [-0.25, -0.2) is 0 Å². The van der Waals surface area contributed by atoms with Crippen LogP contribution in [0.4, 0.5) is 4.79 Å². The van der Waals surface area contributed by atoms with Gasteiger partial charge in [0, 0.05) is 0 Å². The predicted molar refractivity (Wildman–Crippen MR) is 87.1 cm³/mol. The van der Waals surface area contributed by atoms with Gasteiger partial charge in [0.2, 0.25) is 0 Å². The highest BCUT2D eigenvalue weighted by atomic mass is 32.2. The van der Waals surface area contributed by atoms with Gasteiger partial charge >= 0.3 is 0 Å². The molecule has 0 saturated carbocycles. The molecule has 2 amide bonds. The molecule has 1 aliphatic heterocycles. The molecule has 1 fully saturated rings. The van der Waals surface area contributed by atoms with Gasteiger partial charge in [0.1, 0.15) is 0 Å². The Morgan fingerprint density at radius 3 is 2.59 bits per heavy atom. The van der Waals surface area contributed by atoms with Crippen molar-refractivity contribution >= 4 is 29.0 Å². The van der Waals surface area contributed by atoms with Gasteiger partial charge in [-0.15, -0.1) is 0 Å². The van der Waals surface area contributed by atoms with Gasteiger partial charge in [-0.1, -0.05) is 19.9 Å². The average molecular weight is 321 g/mol. The van der Waals surface area contributed by atoms with Crippen LogP contribution < -0.4 is 14.8 Å². The molecule has 22 heavy (non-hydrogen) atoms. The molecule has 5 nitrogen and oxygen atoms in total. The number of thioether (sulfide) groups is 1. The summed E-state index contributed by atoms with van der Waals surface area (Å²) < 4.78 is 11.3. The number of ether oxygens (including phenoxy) is 2. The number of hydrogen-bond acceptors (Lipinski definition) is 5. The minimum atomic E-state index is -0.368. The molecule has 1 saturated heterocycles. The highest BCUT2D eigenvalue weighted by Gasteiger charge is 2.25. The normalized spacial score (nSPS) is 16.3. The van der Waals surface area contributed by atoms with Crippen LogP contribution in [-0.4, -0.2) is 24.4 Å². The number of rotatable bonds is 6. The molecule has 1 aromatic carbocycles. The third kappa shape index (κ3) is 4.27. The second-order valence-electron chi connectivity index (χ2n) is 5.20. The van der Waals surface area contributed by atoms with E-state index >= 15 is 0 Å². The van der Waals surface area contributed by atoms with Crippen molar-refractivity contribution in [1.82, 2.24) is 5.32 Å². The first-order chi connectivity index (χ1) is 10.5. The fourth-order valence-electron chi connectivity index (χ4n) is 1.83. The maximum atomic E-state index is 11.6. The summed E-state index contributed by atoms with van der Waals surface area (Å²) >= 11 is 0.896. The van der Waals surface area contributed by atoms with Gasteiger partial charge in [0.15, 0.2) is 11.5 Å².